The lowest BCUT2D eigenvalue weighted by Gasteiger charge is -2.41. The van der Waals surface area contributed by atoms with Crippen LogP contribution in [0.2, 0.25) is 0 Å². The Kier molecular flexibility index (Phi) is 10.9. The minimum atomic E-state index is -1.58. The van der Waals surface area contributed by atoms with E-state index in [0.29, 0.717) is 6.42 Å². The zero-order valence-corrected chi connectivity index (χ0v) is 20.9. The SMILES string of the molecule is C#COC(=O)C(C)(CC(C)(C)C(=O)OC#COC=C)CC(C)(CC(C)(CC)C(=O)OC)C(=O)O. The molecule has 0 bridgehead atoms. The molecule has 0 saturated heterocycles. The van der Waals surface area contributed by atoms with E-state index in [4.69, 9.17) is 20.6 Å². The van der Waals surface area contributed by atoms with Crippen molar-refractivity contribution in [1.82, 2.24) is 0 Å². The number of aliphatic carboxylic acids is 1. The molecule has 0 rings (SSSR count). The van der Waals surface area contributed by atoms with Crippen molar-refractivity contribution in [2.45, 2.75) is 67.2 Å². The van der Waals surface area contributed by atoms with Gasteiger partial charge in [0.05, 0.1) is 35.0 Å². The van der Waals surface area contributed by atoms with Gasteiger partial charge in [0, 0.05) is 0 Å². The molecule has 0 aliphatic rings. The van der Waals surface area contributed by atoms with Gasteiger partial charge >= 0.3 is 23.9 Å². The maximum atomic E-state index is 12.9. The Balaban J connectivity index is 6.28. The molecule has 0 saturated carbocycles. The number of rotatable bonds is 12. The lowest BCUT2D eigenvalue weighted by Crippen LogP contribution is -2.46. The highest BCUT2D eigenvalue weighted by molar-refractivity contribution is 5.83. The summed E-state index contributed by atoms with van der Waals surface area (Å²) in [4.78, 5) is 50.4. The summed E-state index contributed by atoms with van der Waals surface area (Å²) in [6.45, 7) is 12.5. The topological polar surface area (TPSA) is 125 Å². The lowest BCUT2D eigenvalue weighted by molar-refractivity contribution is -0.165. The first kappa shape index (κ1) is 30.5. The Bertz CT molecular complexity index is 902. The standard InChI is InChI=1S/C25H34O9/c1-10-23(6,20(29)31-9)16-24(7,18(26)27)17-25(8,21(30)33-12-3)15-22(4,5)19(28)34-14-13-32-11-2/h3,11H,2,10,15-17H2,1,4-9H3,(H,26,27). The number of carbonyl (C=O) groups is 4. The predicted molar refractivity (Wildman–Crippen MR) is 122 cm³/mol. The van der Waals surface area contributed by atoms with E-state index in [9.17, 15) is 24.3 Å². The first-order valence-corrected chi connectivity index (χ1v) is 10.5. The zero-order chi connectivity index (χ0) is 26.8. The fraction of sp³-hybridized carbons (Fsp3) is 0.600. The van der Waals surface area contributed by atoms with Gasteiger partial charge in [-0.3, -0.25) is 19.2 Å². The fourth-order valence-electron chi connectivity index (χ4n) is 4.23. The molecule has 0 fully saturated rings. The van der Waals surface area contributed by atoms with Gasteiger partial charge in [-0.2, -0.15) is 0 Å². The van der Waals surface area contributed by atoms with Gasteiger partial charge in [0.15, 0.2) is 12.2 Å². The Labute approximate surface area is 201 Å². The maximum absolute atomic E-state index is 12.9. The zero-order valence-electron chi connectivity index (χ0n) is 20.9. The van der Waals surface area contributed by atoms with Crippen molar-refractivity contribution in [3.05, 3.63) is 12.8 Å². The number of carboxylic acids is 1. The number of carboxylic acid groups (broad SMARTS) is 1. The van der Waals surface area contributed by atoms with Gasteiger partial charge in [-0.25, -0.2) is 0 Å². The van der Waals surface area contributed by atoms with Gasteiger partial charge in [0.1, 0.15) is 6.11 Å². The highest BCUT2D eigenvalue weighted by Gasteiger charge is 2.53. The highest BCUT2D eigenvalue weighted by Crippen LogP contribution is 2.49. The van der Waals surface area contributed by atoms with Crippen molar-refractivity contribution in [1.29, 1.82) is 0 Å². The summed E-state index contributed by atoms with van der Waals surface area (Å²) in [6, 6.07) is 0. The van der Waals surface area contributed by atoms with Crippen LogP contribution in [0.5, 0.6) is 0 Å². The molecule has 0 aromatic heterocycles. The van der Waals surface area contributed by atoms with E-state index in [1.54, 1.807) is 20.0 Å². The molecule has 0 radical (unpaired) electrons. The van der Waals surface area contributed by atoms with E-state index >= 15 is 0 Å². The van der Waals surface area contributed by atoms with Crippen LogP contribution in [0.4, 0.5) is 0 Å². The molecule has 0 spiro atoms. The Morgan fingerprint density at radius 2 is 1.44 bits per heavy atom. The van der Waals surface area contributed by atoms with Crippen LogP contribution in [0.15, 0.2) is 12.8 Å². The van der Waals surface area contributed by atoms with E-state index in [-0.39, 0.29) is 19.3 Å². The second kappa shape index (κ2) is 12.1. The summed E-state index contributed by atoms with van der Waals surface area (Å²) in [5.41, 5.74) is -5.56. The lowest BCUT2D eigenvalue weighted by atomic mass is 9.61. The van der Waals surface area contributed by atoms with E-state index in [1.807, 2.05) is 0 Å². The minimum Gasteiger partial charge on any atom is -0.481 e. The first-order chi connectivity index (χ1) is 15.6. The molecule has 0 aromatic carbocycles. The molecule has 1 N–H and O–H groups in total. The number of methoxy groups -OCH3 is 1. The predicted octanol–water partition coefficient (Wildman–Crippen LogP) is 3.63. The Morgan fingerprint density at radius 3 is 1.88 bits per heavy atom. The third-order valence-electron chi connectivity index (χ3n) is 5.89. The summed E-state index contributed by atoms with van der Waals surface area (Å²) in [6.07, 6.45) is 11.9. The fourth-order valence-corrected chi connectivity index (χ4v) is 4.23. The van der Waals surface area contributed by atoms with Crippen LogP contribution in [-0.4, -0.2) is 36.1 Å². The van der Waals surface area contributed by atoms with Crippen LogP contribution in [0, 0.1) is 46.4 Å². The number of hydrogen-bond acceptors (Lipinski definition) is 8. The molecule has 3 atom stereocenters. The van der Waals surface area contributed by atoms with Gasteiger partial charge in [0.2, 0.25) is 0 Å². The average molecular weight is 479 g/mol. The molecule has 0 amide bonds. The van der Waals surface area contributed by atoms with Crippen LogP contribution in [0.3, 0.4) is 0 Å². The number of hydrogen-bond donors (Lipinski definition) is 1. The van der Waals surface area contributed by atoms with Crippen LogP contribution < -0.4 is 0 Å². The van der Waals surface area contributed by atoms with Gasteiger partial charge in [-0.05, 0) is 60.3 Å². The molecule has 0 aromatic rings. The van der Waals surface area contributed by atoms with Crippen molar-refractivity contribution >= 4 is 23.9 Å². The summed E-state index contributed by atoms with van der Waals surface area (Å²) < 4.78 is 19.1. The molecule has 34 heavy (non-hydrogen) atoms. The van der Waals surface area contributed by atoms with Gasteiger partial charge in [-0.15, -0.1) is 0 Å². The Morgan fingerprint density at radius 1 is 0.882 bits per heavy atom. The van der Waals surface area contributed by atoms with E-state index in [1.165, 1.54) is 34.8 Å². The van der Waals surface area contributed by atoms with Crippen LogP contribution >= 0.6 is 0 Å². The van der Waals surface area contributed by atoms with Gasteiger partial charge < -0.3 is 24.1 Å². The van der Waals surface area contributed by atoms with Gasteiger partial charge in [-0.1, -0.05) is 19.9 Å². The van der Waals surface area contributed by atoms with Crippen molar-refractivity contribution in [2.75, 3.05) is 7.11 Å². The maximum Gasteiger partial charge on any atom is 0.325 e. The van der Waals surface area contributed by atoms with E-state index in [0.717, 1.165) is 6.26 Å². The quantitative estimate of drug-likeness (QED) is 0.194. The largest absolute Gasteiger partial charge is 0.481 e. The number of terminal acetylenes is 1. The van der Waals surface area contributed by atoms with Crippen LogP contribution in [-0.2, 0) is 38.1 Å². The molecule has 3 unspecified atom stereocenters. The smallest absolute Gasteiger partial charge is 0.325 e. The van der Waals surface area contributed by atoms with Crippen LogP contribution in [0.1, 0.15) is 67.2 Å². The molecular formula is C25H34O9. The monoisotopic (exact) mass is 478 g/mol. The molecule has 0 heterocycles. The van der Waals surface area contributed by atoms with Crippen LogP contribution in [0.25, 0.3) is 0 Å². The molecule has 0 aliphatic carbocycles. The van der Waals surface area contributed by atoms with Crippen molar-refractivity contribution in [3.63, 3.8) is 0 Å². The number of carbonyl (C=O) groups excluding carboxylic acids is 3. The van der Waals surface area contributed by atoms with E-state index < -0.39 is 45.5 Å². The third kappa shape index (κ3) is 7.84. The number of esters is 3. The summed E-state index contributed by atoms with van der Waals surface area (Å²) in [5, 5.41) is 10.1. The second-order valence-electron chi connectivity index (χ2n) is 9.63. The summed E-state index contributed by atoms with van der Waals surface area (Å²) >= 11 is 0. The highest BCUT2D eigenvalue weighted by atomic mass is 16.5. The van der Waals surface area contributed by atoms with Crippen molar-refractivity contribution in [2.24, 2.45) is 21.7 Å². The summed E-state index contributed by atoms with van der Waals surface area (Å²) in [7, 11) is 1.22. The third-order valence-corrected chi connectivity index (χ3v) is 5.89. The van der Waals surface area contributed by atoms with Gasteiger partial charge in [0.25, 0.3) is 0 Å². The second-order valence-corrected chi connectivity index (χ2v) is 9.63. The molecule has 9 nitrogen and oxygen atoms in total. The Hall–Kier alpha value is -3.46. The number of ether oxygens (including phenoxy) is 4. The molecule has 0 aliphatic heterocycles. The first-order valence-electron chi connectivity index (χ1n) is 10.5. The molecular weight excluding hydrogens is 444 g/mol. The normalized spacial score (nSPS) is 15.9. The van der Waals surface area contributed by atoms with Crippen molar-refractivity contribution < 1.29 is 43.2 Å². The molecule has 9 heteroatoms. The van der Waals surface area contributed by atoms with E-state index in [2.05, 4.69) is 23.5 Å². The minimum absolute atomic E-state index is 0.132. The summed E-state index contributed by atoms with van der Waals surface area (Å²) in [5.74, 6) is -3.47. The molecule has 188 valence electrons. The average Bonchev–Trinajstić information content (AvgIpc) is 2.75. The van der Waals surface area contributed by atoms with Crippen molar-refractivity contribution in [3.8, 4) is 24.7 Å².